The van der Waals surface area contributed by atoms with Crippen LogP contribution in [0.4, 0.5) is 0 Å². The van der Waals surface area contributed by atoms with E-state index in [1.165, 1.54) is 16.7 Å². The van der Waals surface area contributed by atoms with Crippen LogP contribution >= 0.6 is 0 Å². The van der Waals surface area contributed by atoms with Crippen LogP contribution < -0.4 is 0 Å². The molecular weight excluding hydrogens is 194 g/mol. The lowest BCUT2D eigenvalue weighted by Gasteiger charge is -2.15. The lowest BCUT2D eigenvalue weighted by molar-refractivity contribution is 0.586. The second-order valence-electron chi connectivity index (χ2n) is 5.35. The van der Waals surface area contributed by atoms with Crippen LogP contribution in [0.15, 0.2) is 34.8 Å². The van der Waals surface area contributed by atoms with E-state index in [2.05, 4.69) is 56.1 Å². The Bertz CT molecular complexity index is 433. The van der Waals surface area contributed by atoms with E-state index >= 15 is 0 Å². The predicted molar refractivity (Wildman–Crippen MR) is 71.0 cm³/mol. The number of fused-ring (bicyclic) bond motifs is 1. The lowest BCUT2D eigenvalue weighted by atomic mass is 9.93. The molecule has 1 aliphatic carbocycles. The third-order valence-electron chi connectivity index (χ3n) is 2.70. The molecular formula is C15H19N. The van der Waals surface area contributed by atoms with Crippen molar-refractivity contribution in [3.8, 4) is 0 Å². The average molecular weight is 213 g/mol. The molecule has 0 aliphatic heterocycles. The Morgan fingerprint density at radius 3 is 2.62 bits per heavy atom. The highest BCUT2D eigenvalue weighted by Crippen LogP contribution is 2.23. The van der Waals surface area contributed by atoms with Crippen LogP contribution in [-0.4, -0.2) is 11.8 Å². The van der Waals surface area contributed by atoms with Gasteiger partial charge in [-0.3, -0.25) is 4.99 Å². The van der Waals surface area contributed by atoms with Gasteiger partial charge in [0.2, 0.25) is 0 Å². The maximum absolute atomic E-state index is 4.56. The molecule has 0 N–H and O–H groups in total. The number of aliphatic imine (C=N–C) groups is 1. The number of rotatable bonds is 1. The number of hydrogen-bond donors (Lipinski definition) is 0. The molecule has 16 heavy (non-hydrogen) atoms. The molecule has 0 bridgehead atoms. The standard InChI is InChI=1S/C15H19N/c1-15(2,3)16-11-12-8-9-13-6-4-5-7-14(13)10-12/h4-7,10-11H,8-9H2,1-3H3. The molecule has 1 heteroatoms. The third-order valence-corrected chi connectivity index (χ3v) is 2.70. The van der Waals surface area contributed by atoms with Crippen LogP contribution in [0.25, 0.3) is 6.08 Å². The second-order valence-corrected chi connectivity index (χ2v) is 5.35. The highest BCUT2D eigenvalue weighted by molar-refractivity contribution is 5.87. The number of hydrogen-bond acceptors (Lipinski definition) is 1. The van der Waals surface area contributed by atoms with Crippen molar-refractivity contribution in [3.05, 3.63) is 41.0 Å². The van der Waals surface area contributed by atoms with Gasteiger partial charge in [0.1, 0.15) is 0 Å². The third kappa shape index (κ3) is 2.82. The van der Waals surface area contributed by atoms with Crippen LogP contribution in [0.2, 0.25) is 0 Å². The summed E-state index contributed by atoms with van der Waals surface area (Å²) in [7, 11) is 0. The number of nitrogens with zero attached hydrogens (tertiary/aromatic N) is 1. The Hall–Kier alpha value is -1.37. The van der Waals surface area contributed by atoms with E-state index in [0.717, 1.165) is 12.8 Å². The van der Waals surface area contributed by atoms with E-state index in [4.69, 9.17) is 0 Å². The van der Waals surface area contributed by atoms with Gasteiger partial charge in [-0.15, -0.1) is 0 Å². The zero-order valence-corrected chi connectivity index (χ0v) is 10.3. The maximum Gasteiger partial charge on any atom is 0.0524 e. The minimum Gasteiger partial charge on any atom is -0.287 e. The van der Waals surface area contributed by atoms with Gasteiger partial charge in [0.25, 0.3) is 0 Å². The molecule has 0 saturated heterocycles. The smallest absolute Gasteiger partial charge is 0.0524 e. The van der Waals surface area contributed by atoms with E-state index in [-0.39, 0.29) is 5.54 Å². The molecule has 0 heterocycles. The monoisotopic (exact) mass is 213 g/mol. The molecule has 1 aromatic rings. The van der Waals surface area contributed by atoms with E-state index in [0.29, 0.717) is 0 Å². The fraction of sp³-hybridized carbons (Fsp3) is 0.400. The first kappa shape index (κ1) is 11.1. The van der Waals surface area contributed by atoms with Crippen molar-refractivity contribution in [1.29, 1.82) is 0 Å². The summed E-state index contributed by atoms with van der Waals surface area (Å²) in [6.45, 7) is 6.38. The summed E-state index contributed by atoms with van der Waals surface area (Å²) in [5, 5.41) is 0. The molecule has 1 nitrogen and oxygen atoms in total. The van der Waals surface area contributed by atoms with Gasteiger partial charge in [0.15, 0.2) is 0 Å². The van der Waals surface area contributed by atoms with Crippen LogP contribution in [0.1, 0.15) is 38.3 Å². The van der Waals surface area contributed by atoms with E-state index in [1.54, 1.807) is 0 Å². The fourth-order valence-electron chi connectivity index (χ4n) is 1.83. The Kier molecular flexibility index (Phi) is 2.95. The predicted octanol–water partition coefficient (Wildman–Crippen LogP) is 3.89. The van der Waals surface area contributed by atoms with E-state index in [1.807, 2.05) is 6.21 Å². The minimum absolute atomic E-state index is 0.0256. The Labute approximate surface area is 97.9 Å². The summed E-state index contributed by atoms with van der Waals surface area (Å²) in [4.78, 5) is 4.56. The van der Waals surface area contributed by atoms with Gasteiger partial charge < -0.3 is 0 Å². The zero-order valence-electron chi connectivity index (χ0n) is 10.3. The topological polar surface area (TPSA) is 12.4 Å². The number of benzene rings is 1. The normalized spacial score (nSPS) is 16.1. The van der Waals surface area contributed by atoms with Crippen molar-refractivity contribution in [2.75, 3.05) is 0 Å². The van der Waals surface area contributed by atoms with Crippen molar-refractivity contribution in [2.45, 2.75) is 39.2 Å². The SMILES string of the molecule is CC(C)(C)N=CC1=Cc2ccccc2CC1. The zero-order chi connectivity index (χ0) is 11.6. The van der Waals surface area contributed by atoms with E-state index in [9.17, 15) is 0 Å². The van der Waals surface area contributed by atoms with Crippen molar-refractivity contribution in [1.82, 2.24) is 0 Å². The van der Waals surface area contributed by atoms with Crippen molar-refractivity contribution in [3.63, 3.8) is 0 Å². The van der Waals surface area contributed by atoms with Crippen LogP contribution in [-0.2, 0) is 6.42 Å². The van der Waals surface area contributed by atoms with Crippen LogP contribution in [0, 0.1) is 0 Å². The molecule has 0 amide bonds. The minimum atomic E-state index is 0.0256. The number of aryl methyl sites for hydroxylation is 1. The summed E-state index contributed by atoms with van der Waals surface area (Å²) < 4.78 is 0. The molecule has 0 saturated carbocycles. The van der Waals surface area contributed by atoms with Gasteiger partial charge in [-0.05, 0) is 56.4 Å². The van der Waals surface area contributed by atoms with Gasteiger partial charge >= 0.3 is 0 Å². The quantitative estimate of drug-likeness (QED) is 0.628. The Morgan fingerprint density at radius 1 is 1.12 bits per heavy atom. The van der Waals surface area contributed by atoms with Gasteiger partial charge in [0.05, 0.1) is 5.54 Å². The average Bonchev–Trinajstić information content (AvgIpc) is 2.25. The molecule has 0 unspecified atom stereocenters. The number of allylic oxidation sites excluding steroid dienone is 1. The van der Waals surface area contributed by atoms with Crippen molar-refractivity contribution in [2.24, 2.45) is 4.99 Å². The highest BCUT2D eigenvalue weighted by Gasteiger charge is 2.09. The summed E-state index contributed by atoms with van der Waals surface area (Å²) in [6.07, 6.45) is 6.54. The van der Waals surface area contributed by atoms with Gasteiger partial charge in [-0.25, -0.2) is 0 Å². The Morgan fingerprint density at radius 2 is 1.88 bits per heavy atom. The maximum atomic E-state index is 4.56. The van der Waals surface area contributed by atoms with Crippen molar-refractivity contribution < 1.29 is 0 Å². The molecule has 0 spiro atoms. The highest BCUT2D eigenvalue weighted by atomic mass is 14.8. The molecule has 0 fully saturated rings. The van der Waals surface area contributed by atoms with Gasteiger partial charge in [-0.1, -0.05) is 24.3 Å². The first-order valence-corrected chi connectivity index (χ1v) is 5.88. The largest absolute Gasteiger partial charge is 0.287 e. The molecule has 2 rings (SSSR count). The van der Waals surface area contributed by atoms with Gasteiger partial charge in [0, 0.05) is 6.21 Å². The summed E-state index contributed by atoms with van der Waals surface area (Å²) >= 11 is 0. The molecule has 0 radical (unpaired) electrons. The summed E-state index contributed by atoms with van der Waals surface area (Å²) in [5.74, 6) is 0. The molecule has 0 aromatic heterocycles. The second kappa shape index (κ2) is 4.25. The molecule has 1 aromatic carbocycles. The Balaban J connectivity index is 2.22. The summed E-state index contributed by atoms with van der Waals surface area (Å²) in [6, 6.07) is 8.60. The van der Waals surface area contributed by atoms with Crippen LogP contribution in [0.5, 0.6) is 0 Å². The first-order chi connectivity index (χ1) is 7.54. The van der Waals surface area contributed by atoms with E-state index < -0.39 is 0 Å². The fourth-order valence-corrected chi connectivity index (χ4v) is 1.83. The summed E-state index contributed by atoms with van der Waals surface area (Å²) in [5.41, 5.74) is 4.17. The first-order valence-electron chi connectivity index (χ1n) is 5.88. The molecule has 84 valence electrons. The lowest BCUT2D eigenvalue weighted by Crippen LogP contribution is -2.10. The molecule has 1 aliphatic rings. The van der Waals surface area contributed by atoms with Crippen molar-refractivity contribution >= 4 is 12.3 Å². The van der Waals surface area contributed by atoms with Gasteiger partial charge in [-0.2, -0.15) is 0 Å². The van der Waals surface area contributed by atoms with Crippen LogP contribution in [0.3, 0.4) is 0 Å². The molecule has 0 atom stereocenters.